The summed E-state index contributed by atoms with van der Waals surface area (Å²) in [4.78, 5) is 119. The number of nitrogens with two attached hydrogens (primary N) is 1. The molecule has 1 aliphatic rings. The molecule has 0 bridgehead atoms. The first-order valence-corrected chi connectivity index (χ1v) is 43.5. The number of hydrogen-bond donors (Lipinski definition) is 10. The van der Waals surface area contributed by atoms with E-state index >= 15 is 0 Å². The van der Waals surface area contributed by atoms with Crippen molar-refractivity contribution in [2.24, 2.45) is 5.73 Å². The van der Waals surface area contributed by atoms with Gasteiger partial charge in [0.05, 0.1) is 70.6 Å². The van der Waals surface area contributed by atoms with Crippen molar-refractivity contribution in [3.63, 3.8) is 0 Å². The second kappa shape index (κ2) is 55.0. The number of aldehydes is 1. The Bertz CT molecular complexity index is 5850. The second-order valence-electron chi connectivity index (χ2n) is 30.3. The van der Waals surface area contributed by atoms with E-state index in [0.29, 0.717) is 43.6 Å². The summed E-state index contributed by atoms with van der Waals surface area (Å²) in [5, 5.41) is 53.5. The van der Waals surface area contributed by atoms with E-state index < -0.39 is 30.7 Å². The highest BCUT2D eigenvalue weighted by Crippen LogP contribution is 2.27. The molecule has 1 aliphatic heterocycles. The maximum atomic E-state index is 12.4. The first kappa shape index (κ1) is 102. The number of carboxylic acids is 2. The monoisotopic (exact) mass is 1760 g/mol. The van der Waals surface area contributed by atoms with Crippen LogP contribution in [0.25, 0.3) is 65.4 Å². The summed E-state index contributed by atoms with van der Waals surface area (Å²) < 4.78 is 0. The number of halogens is 1. The Hall–Kier alpha value is -13.7. The van der Waals surface area contributed by atoms with Crippen LogP contribution in [0.5, 0.6) is 0 Å². The smallest absolute Gasteiger partial charge is 0.308 e. The number of fused-ring (bicyclic) bond motifs is 7. The van der Waals surface area contributed by atoms with E-state index in [0.717, 1.165) is 151 Å². The number of aryl methyl sites for hydroxylation is 2. The van der Waals surface area contributed by atoms with Gasteiger partial charge in [0.1, 0.15) is 5.82 Å². The van der Waals surface area contributed by atoms with Crippen LogP contribution in [0, 0.1) is 0 Å². The van der Waals surface area contributed by atoms with Gasteiger partial charge in [-0.25, -0.2) is 4.98 Å². The van der Waals surface area contributed by atoms with Crippen LogP contribution in [0.15, 0.2) is 262 Å². The van der Waals surface area contributed by atoms with E-state index in [1.807, 2.05) is 215 Å². The molecule has 25 nitrogen and oxygen atoms in total. The van der Waals surface area contributed by atoms with Crippen molar-refractivity contribution in [1.82, 2.24) is 56.2 Å². The van der Waals surface area contributed by atoms with Gasteiger partial charge in [-0.05, 0) is 187 Å². The van der Waals surface area contributed by atoms with Crippen LogP contribution in [0.2, 0.25) is 0 Å². The Balaban J connectivity index is 0.000000210. The molecule has 11 N–H and O–H groups in total. The molecule has 4 amide bonds. The standard InChI is InChI=1S/C26H31N5O2.2C15H18N2O.C13H15N.C12H12N2O2.C10H7NO.C8H7ClO.C3H6O4.CH4/c1-2-22(20-15-19-7-3-4-10-23(19)28-16-20)31-25(33)17-29-24(32)11-5-9-21-13-12-18-8-6-14-27-26(18)30-21;2*1-3-13(17-15(18)4-2)12-9-11-7-5-6-8-14(11)16-10-12;1-3-10(2)12-8-11-6-4-5-7-13(11)14-9-12;13-10(6-12(15)16)9-5-8-3-1-2-4-11(8)14-7-9;12-7-8-5-9-3-1-2-4-10(9)11-6-8;9-8(10)6-7-4-2-1-3-5-7;4-2(5)1-3(6)7;/h3-4,7,10,12-13,15-16,22H,2,5-6,8-9,11,14,17H2,1H3,(H,27,30)(H,29,32)(H,31,33);2*5-10,13H,3-4H2,1-2H3,(H,17,18);4-10H,3H2,1-2H3;1-5,7,10H,6,13H2,(H,15,16);1-7H;1-5H,6H2;2,4-5H,1H2,(H,6,7);1H4/t22-;2*13-;10-;;;;;/m0000...../s1. The van der Waals surface area contributed by atoms with Crippen molar-refractivity contribution in [3.8, 4) is 0 Å². The molecule has 26 heteroatoms. The van der Waals surface area contributed by atoms with E-state index in [9.17, 15) is 38.4 Å². The Morgan fingerprint density at radius 2 is 0.845 bits per heavy atom. The van der Waals surface area contributed by atoms with Gasteiger partial charge in [-0.3, -0.25) is 68.3 Å². The highest BCUT2D eigenvalue weighted by Gasteiger charge is 2.19. The average Bonchev–Trinajstić information content (AvgIpc) is 0.851. The van der Waals surface area contributed by atoms with Gasteiger partial charge >= 0.3 is 11.9 Å². The van der Waals surface area contributed by atoms with E-state index in [-0.39, 0.29) is 67.4 Å². The SMILES string of the molecule is C.CCC(=O)N[C@@H](CC)c1cnc2ccccc2c1.CCC(=O)N[C@@H](CC)c1cnc2ccccc2c1.CC[C@H](C)c1cnc2ccccc2c1.CC[C@H](NC(=O)CNC(=O)CCCc1ccc2c(n1)NCCC2)c1cnc2ccccc2c1.NC(CC(=O)O)c1cnc2ccccc2c1.O=C(Cl)Cc1ccccc1.O=C(O)CC(O)O.O=Cc1cnc2ccccc2c1. The number of carbonyl (C=O) groups is 8. The van der Waals surface area contributed by atoms with Gasteiger partial charge in [0.2, 0.25) is 28.9 Å². The van der Waals surface area contributed by atoms with Crippen molar-refractivity contribution in [2.75, 3.05) is 18.4 Å². The van der Waals surface area contributed by atoms with Gasteiger partial charge in [0.25, 0.3) is 0 Å². The van der Waals surface area contributed by atoms with Gasteiger partial charge in [-0.2, -0.15) is 0 Å². The highest BCUT2D eigenvalue weighted by atomic mass is 35.5. The third kappa shape index (κ3) is 34.9. The predicted molar refractivity (Wildman–Crippen MR) is 513 cm³/mol. The lowest BCUT2D eigenvalue weighted by molar-refractivity contribution is -0.145. The lowest BCUT2D eigenvalue weighted by Crippen LogP contribution is -2.38. The van der Waals surface area contributed by atoms with Crippen LogP contribution in [0.4, 0.5) is 5.82 Å². The van der Waals surface area contributed by atoms with Crippen LogP contribution < -0.4 is 32.3 Å². The molecule has 0 saturated heterocycles. The quantitative estimate of drug-likeness (QED) is 0.0130. The van der Waals surface area contributed by atoms with Crippen molar-refractivity contribution in [3.05, 3.63) is 312 Å². The number of anilines is 1. The lowest BCUT2D eigenvalue weighted by Gasteiger charge is -2.18. The van der Waals surface area contributed by atoms with Crippen LogP contribution in [-0.4, -0.2) is 122 Å². The molecule has 1 unspecified atom stereocenters. The second-order valence-corrected chi connectivity index (χ2v) is 30.7. The average molecular weight is 1770 g/mol. The molecule has 0 fully saturated rings. The molecule has 5 atom stereocenters. The maximum absolute atomic E-state index is 12.4. The lowest BCUT2D eigenvalue weighted by atomic mass is 9.99. The molecule has 129 heavy (non-hydrogen) atoms. The van der Waals surface area contributed by atoms with Crippen molar-refractivity contribution < 1.29 is 58.8 Å². The Morgan fingerprint density at radius 3 is 1.23 bits per heavy atom. The minimum atomic E-state index is -1.72. The summed E-state index contributed by atoms with van der Waals surface area (Å²) in [5.74, 6) is -0.702. The summed E-state index contributed by atoms with van der Waals surface area (Å²) in [5.41, 5.74) is 20.6. The molecule has 8 heterocycles. The number of carbonyl (C=O) groups excluding carboxylic acids is 6. The van der Waals surface area contributed by atoms with Crippen molar-refractivity contribution >= 4 is 130 Å². The first-order chi connectivity index (χ1) is 61.9. The molecular weight excluding hydrogens is 1650 g/mol. The molecule has 7 aromatic heterocycles. The molecule has 0 saturated carbocycles. The molecular formula is C103H118ClN13O12. The topological polar surface area (TPSA) is 394 Å². The number of carboxylic acid groups (broad SMARTS) is 2. The molecule has 15 rings (SSSR count). The largest absolute Gasteiger partial charge is 0.481 e. The van der Waals surface area contributed by atoms with E-state index in [1.54, 1.807) is 18.6 Å². The van der Waals surface area contributed by atoms with Crippen LogP contribution in [0.1, 0.15) is 212 Å². The number of aromatic nitrogens is 7. The molecule has 0 spiro atoms. The fraction of sp³-hybridized carbons (Fsp3) is 0.291. The van der Waals surface area contributed by atoms with E-state index in [2.05, 4.69) is 138 Å². The number of aliphatic hydroxyl groups is 2. The molecule has 0 radical (unpaired) electrons. The van der Waals surface area contributed by atoms with Gasteiger partial charge in [0, 0.05) is 119 Å². The Labute approximate surface area is 758 Å². The van der Waals surface area contributed by atoms with Gasteiger partial charge in [-0.1, -0.05) is 201 Å². The number of hydrogen-bond acceptors (Lipinski definition) is 19. The minimum Gasteiger partial charge on any atom is -0.481 e. The number of nitrogens with one attached hydrogen (secondary N) is 5. The predicted octanol–water partition coefficient (Wildman–Crippen LogP) is 19.0. The van der Waals surface area contributed by atoms with Gasteiger partial charge < -0.3 is 52.7 Å². The van der Waals surface area contributed by atoms with Crippen LogP contribution >= 0.6 is 11.6 Å². The summed E-state index contributed by atoms with van der Waals surface area (Å²) in [6, 6.07) is 72.8. The third-order valence-electron chi connectivity index (χ3n) is 20.7. The van der Waals surface area contributed by atoms with Crippen molar-refractivity contribution in [1.29, 1.82) is 0 Å². The molecule has 674 valence electrons. The molecule has 0 aliphatic carbocycles. The minimum absolute atomic E-state index is 0. The van der Waals surface area contributed by atoms with Gasteiger partial charge in [-0.15, -0.1) is 0 Å². The third-order valence-corrected chi connectivity index (χ3v) is 20.8. The number of aliphatic carboxylic acids is 2. The molecule has 14 aromatic rings. The van der Waals surface area contributed by atoms with E-state index in [1.165, 1.54) is 22.9 Å². The number of para-hydroxylation sites is 6. The number of aliphatic hydroxyl groups excluding tert-OH is 1. The summed E-state index contributed by atoms with van der Waals surface area (Å²) in [6.45, 7) is 15.3. The molecule has 7 aromatic carbocycles. The summed E-state index contributed by atoms with van der Waals surface area (Å²) >= 11 is 5.17. The summed E-state index contributed by atoms with van der Waals surface area (Å²) in [6.07, 6.45) is 18.1. The number of rotatable bonds is 27. The zero-order chi connectivity index (χ0) is 92.1. The van der Waals surface area contributed by atoms with Crippen LogP contribution in [0.3, 0.4) is 0 Å². The van der Waals surface area contributed by atoms with Crippen LogP contribution in [-0.2, 0) is 52.8 Å². The number of pyridine rings is 7. The highest BCUT2D eigenvalue weighted by molar-refractivity contribution is 6.63. The normalized spacial score (nSPS) is 12.1. The number of benzene rings is 7. The Morgan fingerprint density at radius 1 is 0.465 bits per heavy atom. The zero-order valence-electron chi connectivity index (χ0n) is 73.3. The zero-order valence-corrected chi connectivity index (χ0v) is 74.1. The van der Waals surface area contributed by atoms with E-state index in [4.69, 9.17) is 37.8 Å². The maximum Gasteiger partial charge on any atom is 0.308 e. The van der Waals surface area contributed by atoms with Crippen molar-refractivity contribution in [2.45, 2.75) is 182 Å². The number of amides is 4. The fourth-order valence-electron chi connectivity index (χ4n) is 13.4. The Kier molecular flexibility index (Phi) is 43.6. The summed E-state index contributed by atoms with van der Waals surface area (Å²) in [7, 11) is 0. The number of nitrogens with zero attached hydrogens (tertiary/aromatic N) is 7. The van der Waals surface area contributed by atoms with Gasteiger partial charge in [0.15, 0.2) is 12.6 Å². The fourth-order valence-corrected chi connectivity index (χ4v) is 13.6. The first-order valence-electron chi connectivity index (χ1n) is 43.1.